The summed E-state index contributed by atoms with van der Waals surface area (Å²) in [6, 6.07) is 16.1. The maximum atomic E-state index is 13.4. The molecule has 0 bridgehead atoms. The Bertz CT molecular complexity index is 998. The number of carbonyl (C=O) groups is 2. The van der Waals surface area contributed by atoms with Gasteiger partial charge in [-0.1, -0.05) is 50.2 Å². The van der Waals surface area contributed by atoms with Gasteiger partial charge in [-0.15, -0.1) is 0 Å². The third-order valence-corrected chi connectivity index (χ3v) is 6.93. The largest absolute Gasteiger partial charge is 0.497 e. The Morgan fingerprint density at radius 3 is 2.50 bits per heavy atom. The lowest BCUT2D eigenvalue weighted by atomic mass is 9.92. The van der Waals surface area contributed by atoms with E-state index < -0.39 is 6.04 Å². The van der Waals surface area contributed by atoms with E-state index in [1.165, 1.54) is 11.1 Å². The summed E-state index contributed by atoms with van der Waals surface area (Å²) >= 11 is 0. The number of methoxy groups -OCH3 is 1. The fraction of sp³-hybridized carbons (Fsp3) is 0.500. The number of benzene rings is 2. The number of nitrogens with one attached hydrogen (secondary N) is 1. The molecule has 6 nitrogen and oxygen atoms in total. The van der Waals surface area contributed by atoms with Gasteiger partial charge in [0.05, 0.1) is 7.11 Å². The Labute approximate surface area is 203 Å². The summed E-state index contributed by atoms with van der Waals surface area (Å²) in [6.45, 7) is 7.36. The molecule has 2 aliphatic heterocycles. The number of hydrogen-bond donors (Lipinski definition) is 1. The van der Waals surface area contributed by atoms with Crippen molar-refractivity contribution in [3.8, 4) is 5.75 Å². The zero-order valence-electron chi connectivity index (χ0n) is 20.6. The first-order valence-corrected chi connectivity index (χ1v) is 12.4. The van der Waals surface area contributed by atoms with Crippen LogP contribution in [0.4, 0.5) is 0 Å². The lowest BCUT2D eigenvalue weighted by molar-refractivity contribution is -0.142. The van der Waals surface area contributed by atoms with Crippen LogP contribution in [0.2, 0.25) is 0 Å². The summed E-state index contributed by atoms with van der Waals surface area (Å²) < 4.78 is 5.34. The summed E-state index contributed by atoms with van der Waals surface area (Å²) in [7, 11) is 1.69. The number of hydrogen-bond acceptors (Lipinski definition) is 4. The molecule has 2 aromatic carbocycles. The van der Waals surface area contributed by atoms with Crippen molar-refractivity contribution in [2.24, 2.45) is 5.92 Å². The number of amides is 2. The minimum atomic E-state index is -0.434. The van der Waals surface area contributed by atoms with E-state index in [0.717, 1.165) is 43.8 Å². The molecule has 0 radical (unpaired) electrons. The van der Waals surface area contributed by atoms with Crippen LogP contribution >= 0.6 is 0 Å². The van der Waals surface area contributed by atoms with Crippen molar-refractivity contribution in [3.05, 3.63) is 65.2 Å². The first kappa shape index (κ1) is 24.3. The smallest absolute Gasteiger partial charge is 0.243 e. The molecule has 4 rings (SSSR count). The van der Waals surface area contributed by atoms with Crippen LogP contribution in [0.5, 0.6) is 5.75 Å². The molecule has 1 fully saturated rings. The van der Waals surface area contributed by atoms with Crippen LogP contribution in [0.15, 0.2) is 48.5 Å². The maximum Gasteiger partial charge on any atom is 0.243 e. The van der Waals surface area contributed by atoms with Crippen molar-refractivity contribution in [2.75, 3.05) is 20.2 Å². The summed E-state index contributed by atoms with van der Waals surface area (Å²) in [6.07, 6.45) is 2.88. The van der Waals surface area contributed by atoms with Gasteiger partial charge in [-0.3, -0.25) is 14.5 Å². The first-order valence-electron chi connectivity index (χ1n) is 12.4. The molecule has 0 aromatic heterocycles. The van der Waals surface area contributed by atoms with Gasteiger partial charge in [0.1, 0.15) is 11.8 Å². The quantitative estimate of drug-likeness (QED) is 0.679. The fourth-order valence-electron chi connectivity index (χ4n) is 5.05. The second-order valence-corrected chi connectivity index (χ2v) is 10.0. The molecule has 1 atom stereocenters. The molecule has 182 valence electrons. The number of fused-ring (bicyclic) bond motifs is 1. The second-order valence-electron chi connectivity index (χ2n) is 10.0. The van der Waals surface area contributed by atoms with Gasteiger partial charge in [0, 0.05) is 45.1 Å². The van der Waals surface area contributed by atoms with Crippen LogP contribution in [0.1, 0.15) is 49.8 Å². The minimum Gasteiger partial charge on any atom is -0.497 e. The third kappa shape index (κ3) is 5.98. The zero-order valence-corrected chi connectivity index (χ0v) is 20.6. The van der Waals surface area contributed by atoms with E-state index in [2.05, 4.69) is 34.5 Å². The molecule has 1 saturated heterocycles. The number of ether oxygens (including phenoxy) is 1. The van der Waals surface area contributed by atoms with E-state index >= 15 is 0 Å². The summed E-state index contributed by atoms with van der Waals surface area (Å²) in [4.78, 5) is 30.6. The van der Waals surface area contributed by atoms with Crippen LogP contribution in [0, 0.1) is 5.92 Å². The van der Waals surface area contributed by atoms with Crippen LogP contribution in [-0.4, -0.2) is 53.9 Å². The van der Waals surface area contributed by atoms with Crippen molar-refractivity contribution >= 4 is 11.8 Å². The van der Waals surface area contributed by atoms with E-state index in [-0.39, 0.29) is 23.8 Å². The van der Waals surface area contributed by atoms with Crippen molar-refractivity contribution < 1.29 is 14.3 Å². The Morgan fingerprint density at radius 1 is 1.06 bits per heavy atom. The molecule has 0 aliphatic carbocycles. The fourth-order valence-corrected chi connectivity index (χ4v) is 5.05. The monoisotopic (exact) mass is 463 g/mol. The molecule has 0 saturated carbocycles. The molecular weight excluding hydrogens is 426 g/mol. The molecule has 1 unspecified atom stereocenters. The highest BCUT2D eigenvalue weighted by Crippen LogP contribution is 2.26. The minimum absolute atomic E-state index is 0.0159. The van der Waals surface area contributed by atoms with Crippen LogP contribution in [-0.2, 0) is 29.1 Å². The molecule has 0 spiro atoms. The number of carbonyl (C=O) groups excluding carboxylic acids is 2. The van der Waals surface area contributed by atoms with Gasteiger partial charge >= 0.3 is 0 Å². The molecule has 2 amide bonds. The van der Waals surface area contributed by atoms with Crippen LogP contribution < -0.4 is 10.1 Å². The molecule has 2 heterocycles. The first-order chi connectivity index (χ1) is 16.4. The van der Waals surface area contributed by atoms with E-state index in [1.807, 2.05) is 38.1 Å². The van der Waals surface area contributed by atoms with Gasteiger partial charge in [0.25, 0.3) is 0 Å². The molecular formula is C28H37N3O3. The lowest BCUT2D eigenvalue weighted by Crippen LogP contribution is -2.55. The predicted molar refractivity (Wildman–Crippen MR) is 133 cm³/mol. The second kappa shape index (κ2) is 11.0. The SMILES string of the molecule is COc1cccc(CN2CCC(NC(=O)C3Cc4ccccc4CN3C(=O)CC(C)C)CC2)c1. The van der Waals surface area contributed by atoms with Gasteiger partial charge < -0.3 is 15.0 Å². The standard InChI is InChI=1S/C28H37N3O3/c1-20(2)15-27(32)31-19-23-9-5-4-8-22(23)17-26(31)28(33)29-24-11-13-30(14-12-24)18-21-7-6-10-25(16-21)34-3/h4-10,16,20,24,26H,11-15,17-19H2,1-3H3,(H,29,33). The Balaban J connectivity index is 1.35. The summed E-state index contributed by atoms with van der Waals surface area (Å²) in [5, 5.41) is 3.28. The van der Waals surface area contributed by atoms with Gasteiger partial charge in [0.2, 0.25) is 11.8 Å². The van der Waals surface area contributed by atoms with Crippen molar-refractivity contribution in [1.82, 2.24) is 15.1 Å². The van der Waals surface area contributed by atoms with Gasteiger partial charge in [-0.05, 0) is 47.6 Å². The topological polar surface area (TPSA) is 61.9 Å². The maximum absolute atomic E-state index is 13.4. The van der Waals surface area contributed by atoms with E-state index in [9.17, 15) is 9.59 Å². The number of piperidine rings is 1. The van der Waals surface area contributed by atoms with Crippen molar-refractivity contribution in [3.63, 3.8) is 0 Å². The van der Waals surface area contributed by atoms with E-state index in [1.54, 1.807) is 12.0 Å². The highest BCUT2D eigenvalue weighted by Gasteiger charge is 2.35. The Kier molecular flexibility index (Phi) is 7.88. The molecule has 2 aromatic rings. The normalized spacial score (nSPS) is 19.1. The number of nitrogens with zero attached hydrogens (tertiary/aromatic N) is 2. The Morgan fingerprint density at radius 2 is 1.79 bits per heavy atom. The average Bonchev–Trinajstić information content (AvgIpc) is 2.84. The molecule has 6 heteroatoms. The lowest BCUT2D eigenvalue weighted by Gasteiger charge is -2.38. The third-order valence-electron chi connectivity index (χ3n) is 6.93. The highest BCUT2D eigenvalue weighted by atomic mass is 16.5. The van der Waals surface area contributed by atoms with Crippen LogP contribution in [0.25, 0.3) is 0 Å². The average molecular weight is 464 g/mol. The van der Waals surface area contributed by atoms with E-state index in [0.29, 0.717) is 19.4 Å². The van der Waals surface area contributed by atoms with Gasteiger partial charge in [-0.2, -0.15) is 0 Å². The number of rotatable bonds is 7. The zero-order chi connectivity index (χ0) is 24.1. The molecule has 1 N–H and O–H groups in total. The molecule has 2 aliphatic rings. The summed E-state index contributed by atoms with van der Waals surface area (Å²) in [5.41, 5.74) is 3.56. The molecule has 34 heavy (non-hydrogen) atoms. The van der Waals surface area contributed by atoms with Crippen molar-refractivity contribution in [2.45, 2.75) is 64.7 Å². The van der Waals surface area contributed by atoms with Gasteiger partial charge in [0.15, 0.2) is 0 Å². The van der Waals surface area contributed by atoms with Crippen LogP contribution in [0.3, 0.4) is 0 Å². The van der Waals surface area contributed by atoms with Crippen molar-refractivity contribution in [1.29, 1.82) is 0 Å². The highest BCUT2D eigenvalue weighted by molar-refractivity contribution is 5.88. The summed E-state index contributed by atoms with van der Waals surface area (Å²) in [5.74, 6) is 1.20. The predicted octanol–water partition coefficient (Wildman–Crippen LogP) is 3.78. The Hall–Kier alpha value is -2.86. The van der Waals surface area contributed by atoms with Gasteiger partial charge in [-0.25, -0.2) is 0 Å². The van der Waals surface area contributed by atoms with E-state index in [4.69, 9.17) is 4.74 Å². The number of likely N-dealkylation sites (tertiary alicyclic amines) is 1.